The molecule has 0 aliphatic carbocycles. The molecule has 3 unspecified atom stereocenters. The molecule has 0 radical (unpaired) electrons. The summed E-state index contributed by atoms with van der Waals surface area (Å²) in [6, 6.07) is 0. The highest BCUT2D eigenvalue weighted by Gasteiger charge is 2.30. The van der Waals surface area contributed by atoms with Crippen LogP contribution in [0.4, 0.5) is 0 Å². The third-order valence-electron chi connectivity index (χ3n) is 19.9. The van der Waals surface area contributed by atoms with Gasteiger partial charge in [-0.05, 0) is 31.6 Å². The Kier molecular flexibility index (Phi) is 74.4. The van der Waals surface area contributed by atoms with E-state index >= 15 is 0 Å². The maximum absolute atomic E-state index is 13.1. The van der Waals surface area contributed by atoms with E-state index in [1.54, 1.807) is 0 Å². The summed E-state index contributed by atoms with van der Waals surface area (Å²) in [5.41, 5.74) is 0. The molecular weight excluding hydrogens is 1330 g/mol. The van der Waals surface area contributed by atoms with Gasteiger partial charge in [-0.25, -0.2) is 9.13 Å². The molecule has 0 spiro atoms. The topological polar surface area (TPSA) is 237 Å². The summed E-state index contributed by atoms with van der Waals surface area (Å²) in [6.07, 6.45) is 68.2. The predicted molar refractivity (Wildman–Crippen MR) is 418 cm³/mol. The monoisotopic (exact) mass is 1490 g/mol. The molecule has 6 atom stereocenters. The summed E-state index contributed by atoms with van der Waals surface area (Å²) in [5.74, 6) is -1.37. The molecule has 0 fully saturated rings. The Hall–Kier alpha value is -1.94. The van der Waals surface area contributed by atoms with Crippen LogP contribution in [0.5, 0.6) is 0 Å². The number of phosphoric ester groups is 2. The molecule has 0 bridgehead atoms. The average molecular weight is 1490 g/mol. The van der Waals surface area contributed by atoms with E-state index in [2.05, 4.69) is 34.6 Å². The molecule has 0 aliphatic rings. The molecule has 606 valence electrons. The van der Waals surface area contributed by atoms with Crippen molar-refractivity contribution in [2.45, 2.75) is 464 Å². The SMILES string of the molecule is CCCCCCCCCCCCCCCCCCCCCCCCC(=O)O[C@H](COC(=O)CCCCCCCCCCCCCCCCCCCC)COP(=O)(O)OC[C@@H](O)COP(=O)(O)OC[C@@H](COC(=O)CCCCCCCCC(C)CC)OC(=O)CCCCCCCCCCCCCC. The lowest BCUT2D eigenvalue weighted by Gasteiger charge is -2.21. The van der Waals surface area contributed by atoms with Gasteiger partial charge in [0.15, 0.2) is 12.2 Å². The molecule has 0 heterocycles. The molecule has 17 nitrogen and oxygen atoms in total. The van der Waals surface area contributed by atoms with Crippen molar-refractivity contribution in [3.05, 3.63) is 0 Å². The van der Waals surface area contributed by atoms with Crippen LogP contribution in [0.3, 0.4) is 0 Å². The summed E-state index contributed by atoms with van der Waals surface area (Å²) in [5, 5.41) is 10.6. The van der Waals surface area contributed by atoms with Gasteiger partial charge in [0.25, 0.3) is 0 Å². The van der Waals surface area contributed by atoms with E-state index in [1.165, 1.54) is 263 Å². The van der Waals surface area contributed by atoms with Gasteiger partial charge in [-0.2, -0.15) is 0 Å². The highest BCUT2D eigenvalue weighted by Crippen LogP contribution is 2.45. The van der Waals surface area contributed by atoms with Gasteiger partial charge in [-0.1, -0.05) is 394 Å². The molecule has 19 heteroatoms. The zero-order valence-corrected chi connectivity index (χ0v) is 68.5. The molecule has 0 rings (SSSR count). The van der Waals surface area contributed by atoms with Crippen LogP contribution in [0.2, 0.25) is 0 Å². The van der Waals surface area contributed by atoms with Gasteiger partial charge in [-0.15, -0.1) is 0 Å². The maximum Gasteiger partial charge on any atom is 0.472 e. The van der Waals surface area contributed by atoms with E-state index in [-0.39, 0.29) is 25.7 Å². The number of esters is 4. The van der Waals surface area contributed by atoms with Crippen LogP contribution >= 0.6 is 15.6 Å². The van der Waals surface area contributed by atoms with Gasteiger partial charge in [0.2, 0.25) is 0 Å². The summed E-state index contributed by atoms with van der Waals surface area (Å²) in [6.45, 7) is 7.29. The first-order chi connectivity index (χ1) is 49.6. The Morgan fingerprint density at radius 2 is 0.471 bits per heavy atom. The first-order valence-electron chi connectivity index (χ1n) is 43.2. The number of hydrogen-bond acceptors (Lipinski definition) is 15. The Labute approximate surface area is 626 Å². The van der Waals surface area contributed by atoms with Crippen molar-refractivity contribution in [2.75, 3.05) is 39.6 Å². The second-order valence-electron chi connectivity index (χ2n) is 30.1. The Morgan fingerprint density at radius 1 is 0.275 bits per heavy atom. The maximum atomic E-state index is 13.1. The number of carbonyl (C=O) groups excluding carboxylic acids is 4. The van der Waals surface area contributed by atoms with Crippen molar-refractivity contribution in [3.8, 4) is 0 Å². The number of phosphoric acid groups is 2. The van der Waals surface area contributed by atoms with E-state index in [0.717, 1.165) is 102 Å². The van der Waals surface area contributed by atoms with Crippen LogP contribution < -0.4 is 0 Å². The van der Waals surface area contributed by atoms with Gasteiger partial charge < -0.3 is 33.8 Å². The van der Waals surface area contributed by atoms with Crippen LogP contribution in [0.25, 0.3) is 0 Å². The number of aliphatic hydroxyl groups is 1. The first kappa shape index (κ1) is 100. The van der Waals surface area contributed by atoms with Gasteiger partial charge in [-0.3, -0.25) is 37.3 Å². The van der Waals surface area contributed by atoms with Crippen molar-refractivity contribution in [2.24, 2.45) is 5.92 Å². The zero-order chi connectivity index (χ0) is 74.8. The normalized spacial score (nSPS) is 14.1. The van der Waals surface area contributed by atoms with E-state index in [9.17, 15) is 43.2 Å². The van der Waals surface area contributed by atoms with Crippen molar-refractivity contribution >= 4 is 39.5 Å². The second kappa shape index (κ2) is 75.9. The number of rotatable bonds is 83. The zero-order valence-electron chi connectivity index (χ0n) is 66.8. The van der Waals surface area contributed by atoms with E-state index in [1.807, 2.05) is 0 Å². The van der Waals surface area contributed by atoms with Gasteiger partial charge in [0.05, 0.1) is 26.4 Å². The Morgan fingerprint density at radius 3 is 0.696 bits per heavy atom. The van der Waals surface area contributed by atoms with E-state index < -0.39 is 97.5 Å². The van der Waals surface area contributed by atoms with Gasteiger partial charge in [0, 0.05) is 25.7 Å². The van der Waals surface area contributed by atoms with E-state index in [4.69, 9.17) is 37.0 Å². The van der Waals surface area contributed by atoms with Gasteiger partial charge in [0.1, 0.15) is 19.3 Å². The fourth-order valence-corrected chi connectivity index (χ4v) is 14.5. The largest absolute Gasteiger partial charge is 0.472 e. The summed E-state index contributed by atoms with van der Waals surface area (Å²) < 4.78 is 68.7. The summed E-state index contributed by atoms with van der Waals surface area (Å²) in [4.78, 5) is 73.0. The molecule has 0 saturated carbocycles. The summed E-state index contributed by atoms with van der Waals surface area (Å²) in [7, 11) is -9.92. The average Bonchev–Trinajstić information content (AvgIpc) is 0.928. The van der Waals surface area contributed by atoms with Crippen molar-refractivity contribution in [3.63, 3.8) is 0 Å². The van der Waals surface area contributed by atoms with Crippen LogP contribution in [0.15, 0.2) is 0 Å². The lowest BCUT2D eigenvalue weighted by molar-refractivity contribution is -0.161. The van der Waals surface area contributed by atoms with E-state index in [0.29, 0.717) is 25.7 Å². The van der Waals surface area contributed by atoms with Gasteiger partial charge >= 0.3 is 39.5 Å². The molecule has 0 aromatic heterocycles. The fraction of sp³-hybridized carbons (Fsp3) is 0.952. The number of carbonyl (C=O) groups is 4. The predicted octanol–water partition coefficient (Wildman–Crippen LogP) is 25.2. The molecule has 0 aliphatic heterocycles. The van der Waals surface area contributed by atoms with Crippen LogP contribution in [0, 0.1) is 5.92 Å². The minimum atomic E-state index is -4.96. The minimum absolute atomic E-state index is 0.107. The Balaban J connectivity index is 5.20. The molecule has 102 heavy (non-hydrogen) atoms. The van der Waals surface area contributed by atoms with Crippen molar-refractivity contribution in [1.29, 1.82) is 0 Å². The quantitative estimate of drug-likeness (QED) is 0.0222. The Bertz CT molecular complexity index is 1950. The number of ether oxygens (including phenoxy) is 4. The minimum Gasteiger partial charge on any atom is -0.462 e. The number of unbranched alkanes of at least 4 members (excludes halogenated alkanes) is 54. The highest BCUT2D eigenvalue weighted by atomic mass is 31.2. The third-order valence-corrected chi connectivity index (χ3v) is 21.8. The smallest absolute Gasteiger partial charge is 0.462 e. The lowest BCUT2D eigenvalue weighted by atomic mass is 10.00. The molecular formula is C83H162O17P2. The van der Waals surface area contributed by atoms with Crippen LogP contribution in [-0.2, 0) is 65.4 Å². The lowest BCUT2D eigenvalue weighted by Crippen LogP contribution is -2.30. The van der Waals surface area contributed by atoms with Crippen LogP contribution in [-0.4, -0.2) is 96.7 Å². The molecule has 0 aromatic rings. The molecule has 0 amide bonds. The highest BCUT2D eigenvalue weighted by molar-refractivity contribution is 7.47. The third kappa shape index (κ3) is 74.9. The number of aliphatic hydroxyl groups excluding tert-OH is 1. The van der Waals surface area contributed by atoms with Crippen molar-refractivity contribution in [1.82, 2.24) is 0 Å². The standard InChI is InChI=1S/C83H162O17P2/c1-6-10-13-16-19-22-25-28-30-32-34-35-36-37-39-41-43-46-49-52-59-64-69-83(88)99-78(72-93-80(85)66-61-56-50-47-45-42-40-38-33-31-29-26-23-20-17-14-11-7-2)74-97-101(89,90)95-70-77(84)71-96-102(91,92)98-75-79(73-94-81(86)67-62-57-54-53-55-60-65-76(5)9-4)100-82(87)68-63-58-51-48-44-27-24-21-18-15-12-8-3/h76-79,84H,6-75H2,1-5H3,(H,89,90)(H,91,92)/t76?,77-,78-,79-/m1/s1. The molecule has 0 aromatic carbocycles. The number of hydrogen-bond donors (Lipinski definition) is 3. The molecule has 0 saturated heterocycles. The second-order valence-corrected chi connectivity index (χ2v) is 33.0. The van der Waals surface area contributed by atoms with Crippen LogP contribution in [0.1, 0.15) is 446 Å². The fourth-order valence-electron chi connectivity index (χ4n) is 12.9. The first-order valence-corrected chi connectivity index (χ1v) is 46.2. The van der Waals surface area contributed by atoms with Crippen molar-refractivity contribution < 1.29 is 80.2 Å². The summed E-state index contributed by atoms with van der Waals surface area (Å²) >= 11 is 0. The molecule has 3 N–H and O–H groups in total.